The van der Waals surface area contributed by atoms with Crippen molar-refractivity contribution in [2.45, 2.75) is 0 Å². The number of nitrogens with zero attached hydrogens (tertiary/aromatic N) is 2. The summed E-state index contributed by atoms with van der Waals surface area (Å²) in [4.78, 5) is 0. The van der Waals surface area contributed by atoms with Crippen molar-refractivity contribution < 1.29 is 8.78 Å². The van der Waals surface area contributed by atoms with E-state index in [9.17, 15) is 8.78 Å². The van der Waals surface area contributed by atoms with Crippen LogP contribution >= 0.6 is 22.7 Å². The van der Waals surface area contributed by atoms with E-state index in [1.807, 2.05) is 72.8 Å². The summed E-state index contributed by atoms with van der Waals surface area (Å²) >= 11 is 2.20. The van der Waals surface area contributed by atoms with Gasteiger partial charge in [-0.2, -0.15) is 19.0 Å². The molecular formula is C28H16F2N4S2. The Balaban J connectivity index is 1.52. The fraction of sp³-hybridized carbons (Fsp3) is 0. The molecule has 0 fully saturated rings. The Morgan fingerprint density at radius 1 is 0.500 bits per heavy atom. The Kier molecular flexibility index (Phi) is 4.83. The van der Waals surface area contributed by atoms with Crippen LogP contribution in [0.15, 0.2) is 95.1 Å². The van der Waals surface area contributed by atoms with Crippen LogP contribution < -0.4 is 21.6 Å². The number of rotatable bonds is 4. The van der Waals surface area contributed by atoms with Crippen LogP contribution in [0.25, 0.3) is 41.7 Å². The maximum Gasteiger partial charge on any atom is 0.177 e. The highest BCUT2D eigenvalue weighted by atomic mass is 32.1. The molecule has 0 saturated carbocycles. The van der Waals surface area contributed by atoms with Gasteiger partial charge >= 0.3 is 0 Å². The third-order valence-corrected chi connectivity index (χ3v) is 8.13. The predicted octanol–water partition coefficient (Wildman–Crippen LogP) is 7.43. The van der Waals surface area contributed by atoms with E-state index in [2.05, 4.69) is 21.1 Å². The largest absolute Gasteiger partial charge is 0.278 e. The second-order valence-electron chi connectivity index (χ2n) is 8.41. The van der Waals surface area contributed by atoms with E-state index in [0.717, 1.165) is 75.8 Å². The minimum atomic E-state index is -0.264. The molecular weight excluding hydrogens is 494 g/mol. The van der Waals surface area contributed by atoms with E-state index >= 15 is 0 Å². The second-order valence-corrected chi connectivity index (χ2v) is 10.4. The molecule has 4 nitrogen and oxygen atoms in total. The Morgan fingerprint density at radius 3 is 1.33 bits per heavy atom. The summed E-state index contributed by atoms with van der Waals surface area (Å²) in [6, 6.07) is 26.3. The molecule has 0 aliphatic carbocycles. The number of thiophene rings is 2. The van der Waals surface area contributed by atoms with Crippen LogP contribution in [0.1, 0.15) is 0 Å². The molecule has 0 atom stereocenters. The number of benzene rings is 3. The highest BCUT2D eigenvalue weighted by molar-refractivity contribution is 7.19. The first-order valence-corrected chi connectivity index (χ1v) is 12.9. The van der Waals surface area contributed by atoms with E-state index in [-0.39, 0.29) is 10.3 Å². The summed E-state index contributed by atoms with van der Waals surface area (Å²) in [5.41, 5.74) is 7.86. The summed E-state index contributed by atoms with van der Waals surface area (Å²) in [6.07, 6.45) is 0. The normalized spacial score (nSPS) is 13.1. The minimum absolute atomic E-state index is 0.264. The Bertz CT molecular complexity index is 1870. The van der Waals surface area contributed by atoms with Crippen molar-refractivity contribution >= 4 is 75.8 Å². The molecule has 5 aromatic carbocycles. The fourth-order valence-corrected chi connectivity index (χ4v) is 6.47. The maximum absolute atomic E-state index is 14.4. The quantitative estimate of drug-likeness (QED) is 0.242. The summed E-state index contributed by atoms with van der Waals surface area (Å²) in [5, 5.41) is 15.2. The molecule has 2 heterocycles. The van der Waals surface area contributed by atoms with Gasteiger partial charge in [-0.1, -0.05) is 36.4 Å². The van der Waals surface area contributed by atoms with Crippen LogP contribution in [0, 0.1) is 10.3 Å². The van der Waals surface area contributed by atoms with E-state index in [1.165, 1.54) is 12.1 Å². The molecule has 0 unspecified atom stereocenters. The summed E-state index contributed by atoms with van der Waals surface area (Å²) in [6.45, 7) is 0. The van der Waals surface area contributed by atoms with Gasteiger partial charge in [0.05, 0.1) is 11.4 Å². The van der Waals surface area contributed by atoms with E-state index in [0.29, 0.717) is 10.7 Å². The van der Waals surface area contributed by atoms with Crippen molar-refractivity contribution in [1.29, 1.82) is 0 Å². The number of halogens is 2. The number of para-hydroxylation sites is 2. The molecule has 8 heteroatoms. The lowest BCUT2D eigenvalue weighted by molar-refractivity contribution is 0.658. The topological polar surface area (TPSA) is 48.8 Å². The predicted molar refractivity (Wildman–Crippen MR) is 146 cm³/mol. The Labute approximate surface area is 211 Å². The first kappa shape index (κ1) is 21.2. The average Bonchev–Trinajstić information content (AvgIpc) is 3.60. The standard InChI is InChI=1S/C28H16F2N4S2/c29-23-13-21-25(33-31-15-7-3-1-4-8-15)17-11-20-18(12-19(17)27(21)35-23)26(22-14-24(30)36-28(20)22)34-32-16-9-5-2-6-10-16/h1-14,31-32H/b33-25-,34-26-. The van der Waals surface area contributed by atoms with Gasteiger partial charge in [0, 0.05) is 41.7 Å². The van der Waals surface area contributed by atoms with Crippen LogP contribution in [0.4, 0.5) is 20.2 Å². The van der Waals surface area contributed by atoms with E-state index in [1.54, 1.807) is 0 Å². The fourth-order valence-electron chi connectivity index (χ4n) is 4.64. The molecule has 2 aromatic heterocycles. The molecule has 0 aliphatic rings. The molecule has 0 radical (unpaired) electrons. The zero-order chi connectivity index (χ0) is 24.2. The summed E-state index contributed by atoms with van der Waals surface area (Å²) < 4.78 is 30.4. The van der Waals surface area contributed by atoms with Gasteiger partial charge < -0.3 is 0 Å². The van der Waals surface area contributed by atoms with Gasteiger partial charge in [-0.25, -0.2) is 0 Å². The summed E-state index contributed by atoms with van der Waals surface area (Å²) in [7, 11) is 0. The van der Waals surface area contributed by atoms with Gasteiger partial charge in [0.15, 0.2) is 10.3 Å². The molecule has 2 N–H and O–H groups in total. The number of hydrogen-bond donors (Lipinski definition) is 2. The molecule has 174 valence electrons. The third kappa shape index (κ3) is 3.37. The van der Waals surface area contributed by atoms with Crippen molar-refractivity contribution in [1.82, 2.24) is 0 Å². The van der Waals surface area contributed by atoms with Crippen LogP contribution in [0.5, 0.6) is 0 Å². The van der Waals surface area contributed by atoms with Gasteiger partial charge in [0.1, 0.15) is 10.7 Å². The van der Waals surface area contributed by atoms with Crippen molar-refractivity contribution in [2.24, 2.45) is 10.2 Å². The molecule has 0 aliphatic heterocycles. The van der Waals surface area contributed by atoms with Crippen molar-refractivity contribution in [2.75, 3.05) is 10.9 Å². The molecule has 0 amide bonds. The molecule has 7 aromatic rings. The first-order chi connectivity index (χ1) is 17.7. The zero-order valence-electron chi connectivity index (χ0n) is 18.5. The van der Waals surface area contributed by atoms with Crippen LogP contribution in [-0.2, 0) is 0 Å². The average molecular weight is 511 g/mol. The van der Waals surface area contributed by atoms with Gasteiger partial charge in [0.25, 0.3) is 0 Å². The van der Waals surface area contributed by atoms with Crippen LogP contribution in [0.3, 0.4) is 0 Å². The lowest BCUT2D eigenvalue weighted by Gasteiger charge is -2.00. The highest BCUT2D eigenvalue weighted by Crippen LogP contribution is 2.37. The van der Waals surface area contributed by atoms with E-state index in [4.69, 9.17) is 0 Å². The smallest absolute Gasteiger partial charge is 0.177 e. The highest BCUT2D eigenvalue weighted by Gasteiger charge is 2.19. The van der Waals surface area contributed by atoms with Gasteiger partial charge in [0.2, 0.25) is 0 Å². The van der Waals surface area contributed by atoms with Gasteiger partial charge in [-0.05, 0) is 48.5 Å². The van der Waals surface area contributed by atoms with Crippen LogP contribution in [-0.4, -0.2) is 0 Å². The SMILES string of the molecule is Fc1cc2/c(=N\Nc3ccccc3)c3cc4c(cc3c2s1)/c(=N/Nc1ccccc1)c1cc(F)sc14. The summed E-state index contributed by atoms with van der Waals surface area (Å²) in [5.74, 6) is 0. The number of fused-ring (bicyclic) bond motifs is 6. The molecule has 0 saturated heterocycles. The second kappa shape index (κ2) is 8.22. The first-order valence-electron chi connectivity index (χ1n) is 11.2. The maximum atomic E-state index is 14.4. The van der Waals surface area contributed by atoms with Crippen molar-refractivity contribution in [3.63, 3.8) is 0 Å². The number of hydrogen-bond acceptors (Lipinski definition) is 6. The van der Waals surface area contributed by atoms with Crippen molar-refractivity contribution in [3.05, 3.63) is 106 Å². The third-order valence-electron chi connectivity index (χ3n) is 6.21. The van der Waals surface area contributed by atoms with Gasteiger partial charge in [-0.15, -0.1) is 22.7 Å². The molecule has 7 rings (SSSR count). The Morgan fingerprint density at radius 2 is 0.917 bits per heavy atom. The lowest BCUT2D eigenvalue weighted by atomic mass is 10.1. The minimum Gasteiger partial charge on any atom is -0.278 e. The molecule has 0 bridgehead atoms. The molecule has 0 spiro atoms. The molecule has 36 heavy (non-hydrogen) atoms. The van der Waals surface area contributed by atoms with Crippen LogP contribution in [0.2, 0.25) is 0 Å². The van der Waals surface area contributed by atoms with E-state index < -0.39 is 0 Å². The lowest BCUT2D eigenvalue weighted by Crippen LogP contribution is -2.05. The van der Waals surface area contributed by atoms with Gasteiger partial charge in [-0.3, -0.25) is 10.9 Å². The Hall–Kier alpha value is -4.14. The number of nitrogens with one attached hydrogen (secondary N) is 2. The van der Waals surface area contributed by atoms with Crippen molar-refractivity contribution in [3.8, 4) is 0 Å². The number of anilines is 2. The monoisotopic (exact) mass is 510 g/mol. The zero-order valence-corrected chi connectivity index (χ0v) is 20.2.